The van der Waals surface area contributed by atoms with Crippen molar-refractivity contribution in [2.45, 2.75) is 18.4 Å². The van der Waals surface area contributed by atoms with Crippen molar-refractivity contribution in [2.75, 3.05) is 26.4 Å². The summed E-state index contributed by atoms with van der Waals surface area (Å²) in [7, 11) is -1.56. The molecular weight excluding hydrogens is 503 g/mol. The zero-order valence-corrected chi connectivity index (χ0v) is 19.9. The van der Waals surface area contributed by atoms with Crippen LogP contribution >= 0.6 is 24.0 Å². The highest BCUT2D eigenvalue weighted by Crippen LogP contribution is 2.16. The quantitative estimate of drug-likeness (QED) is 0.221. The summed E-state index contributed by atoms with van der Waals surface area (Å²) in [6, 6.07) is 14.3. The first kappa shape index (κ1) is 24.9. The lowest BCUT2D eigenvalue weighted by molar-refractivity contribution is 0.0954. The highest BCUT2D eigenvalue weighted by molar-refractivity contribution is 14.0. The number of halogens is 1. The summed E-state index contributed by atoms with van der Waals surface area (Å²) in [6.45, 7) is 3.25. The van der Waals surface area contributed by atoms with Gasteiger partial charge in [0.05, 0.1) is 4.90 Å². The average Bonchev–Trinajstić information content (AvgIpc) is 2.67. The fourth-order valence-corrected chi connectivity index (χ4v) is 3.65. The molecule has 0 bridgehead atoms. The van der Waals surface area contributed by atoms with Crippen LogP contribution in [0.2, 0.25) is 0 Å². The van der Waals surface area contributed by atoms with Gasteiger partial charge in [-0.3, -0.25) is 9.79 Å². The summed E-state index contributed by atoms with van der Waals surface area (Å²) in [5.41, 5.74) is 2.29. The third-order valence-corrected chi connectivity index (χ3v) is 5.32. The molecule has 29 heavy (non-hydrogen) atoms. The largest absolute Gasteiger partial charge is 0.355 e. The molecule has 0 heterocycles. The number of carbonyl (C=O) groups is 1. The molecule has 0 aliphatic carbocycles. The van der Waals surface area contributed by atoms with Crippen LogP contribution in [0.15, 0.2) is 58.4 Å². The van der Waals surface area contributed by atoms with E-state index in [-0.39, 0.29) is 29.9 Å². The van der Waals surface area contributed by atoms with Crippen molar-refractivity contribution < 1.29 is 13.2 Å². The van der Waals surface area contributed by atoms with Gasteiger partial charge in [-0.2, -0.15) is 0 Å². The molecule has 0 unspecified atom stereocenters. The van der Waals surface area contributed by atoms with Crippen molar-refractivity contribution >= 4 is 45.7 Å². The van der Waals surface area contributed by atoms with Gasteiger partial charge in [0.15, 0.2) is 15.8 Å². The van der Waals surface area contributed by atoms with E-state index in [9.17, 15) is 13.2 Å². The Morgan fingerprint density at radius 2 is 1.66 bits per heavy atom. The minimum atomic E-state index is -3.22. The molecule has 1 amide bonds. The van der Waals surface area contributed by atoms with E-state index in [4.69, 9.17) is 0 Å². The molecule has 9 heteroatoms. The number of amides is 1. The van der Waals surface area contributed by atoms with Crippen LogP contribution < -0.4 is 16.0 Å². The normalized spacial score (nSPS) is 11.3. The lowest BCUT2D eigenvalue weighted by Gasteiger charge is -2.13. The fraction of sp³-hybridized carbons (Fsp3) is 0.300. The number of guanidine groups is 1. The minimum absolute atomic E-state index is 0. The molecule has 3 N–H and O–H groups in total. The minimum Gasteiger partial charge on any atom is -0.355 e. The van der Waals surface area contributed by atoms with E-state index >= 15 is 0 Å². The van der Waals surface area contributed by atoms with Crippen LogP contribution in [-0.2, 0) is 16.4 Å². The Balaban J connectivity index is 0.00000420. The maximum Gasteiger partial charge on any atom is 0.251 e. The second-order valence-electron chi connectivity index (χ2n) is 6.35. The Morgan fingerprint density at radius 1 is 1.00 bits per heavy atom. The first-order valence-corrected chi connectivity index (χ1v) is 10.8. The molecule has 0 atom stereocenters. The lowest BCUT2D eigenvalue weighted by Crippen LogP contribution is -2.41. The summed E-state index contributed by atoms with van der Waals surface area (Å²) in [4.78, 5) is 16.5. The molecule has 0 aliphatic rings. The van der Waals surface area contributed by atoms with Crippen LogP contribution in [0.3, 0.4) is 0 Å². The Morgan fingerprint density at radius 3 is 2.24 bits per heavy atom. The highest BCUT2D eigenvalue weighted by Gasteiger charge is 2.11. The number of hydrogen-bond donors (Lipinski definition) is 3. The molecule has 0 fully saturated rings. The maximum absolute atomic E-state index is 12.0. The van der Waals surface area contributed by atoms with Crippen LogP contribution in [0.5, 0.6) is 0 Å². The summed E-state index contributed by atoms with van der Waals surface area (Å²) < 4.78 is 23.4. The van der Waals surface area contributed by atoms with Crippen molar-refractivity contribution in [2.24, 2.45) is 4.99 Å². The summed E-state index contributed by atoms with van der Waals surface area (Å²) in [5, 5.41) is 9.13. The van der Waals surface area contributed by atoms with E-state index < -0.39 is 9.84 Å². The van der Waals surface area contributed by atoms with Crippen molar-refractivity contribution in [1.29, 1.82) is 0 Å². The Kier molecular flexibility index (Phi) is 10.1. The number of rotatable bonds is 7. The maximum atomic E-state index is 12.0. The van der Waals surface area contributed by atoms with Gasteiger partial charge in [0.2, 0.25) is 0 Å². The molecule has 2 rings (SSSR count). The van der Waals surface area contributed by atoms with E-state index in [1.165, 1.54) is 6.26 Å². The van der Waals surface area contributed by atoms with Gasteiger partial charge in [0.1, 0.15) is 0 Å². The van der Waals surface area contributed by atoms with Crippen LogP contribution in [0.25, 0.3) is 0 Å². The molecule has 0 saturated heterocycles. The second-order valence-corrected chi connectivity index (χ2v) is 8.33. The van der Waals surface area contributed by atoms with Gasteiger partial charge in [-0.05, 0) is 36.2 Å². The first-order valence-electron chi connectivity index (χ1n) is 8.88. The molecule has 2 aromatic rings. The van der Waals surface area contributed by atoms with E-state index in [0.29, 0.717) is 41.6 Å². The van der Waals surface area contributed by atoms with E-state index in [2.05, 4.69) is 20.9 Å². The Hall–Kier alpha value is -2.14. The monoisotopic (exact) mass is 530 g/mol. The molecule has 0 radical (unpaired) electrons. The average molecular weight is 530 g/mol. The number of sulfone groups is 1. The molecule has 2 aromatic carbocycles. The van der Waals surface area contributed by atoms with Crippen molar-refractivity contribution in [1.82, 2.24) is 16.0 Å². The molecule has 0 spiro atoms. The SMILES string of the molecule is CN=C(NCCNC(=O)c1ccccc1)NCc1ccc(S(C)(=O)=O)c(C)c1.I. The zero-order valence-electron chi connectivity index (χ0n) is 16.7. The summed E-state index contributed by atoms with van der Waals surface area (Å²) >= 11 is 0. The van der Waals surface area contributed by atoms with Crippen LogP contribution in [0, 0.1) is 6.92 Å². The van der Waals surface area contributed by atoms with Gasteiger partial charge < -0.3 is 16.0 Å². The highest BCUT2D eigenvalue weighted by atomic mass is 127. The predicted octanol–water partition coefficient (Wildman–Crippen LogP) is 2.11. The van der Waals surface area contributed by atoms with E-state index in [1.807, 2.05) is 24.3 Å². The summed E-state index contributed by atoms with van der Waals surface area (Å²) in [5.74, 6) is 0.477. The number of nitrogens with one attached hydrogen (secondary N) is 3. The number of aliphatic imine (C=N–C) groups is 1. The second kappa shape index (κ2) is 11.8. The standard InChI is InChI=1S/C20H26N4O3S.HI/c1-15-13-16(9-10-18(15)28(3,26)27)14-24-20(21-2)23-12-11-22-19(25)17-7-5-4-6-8-17;/h4-10,13H,11-12,14H2,1-3H3,(H,22,25)(H2,21,23,24);1H. The van der Waals surface area contributed by atoms with Gasteiger partial charge in [-0.15, -0.1) is 24.0 Å². The Bertz CT molecular complexity index is 947. The zero-order chi connectivity index (χ0) is 20.6. The number of hydrogen-bond acceptors (Lipinski definition) is 4. The molecule has 7 nitrogen and oxygen atoms in total. The van der Waals surface area contributed by atoms with Crippen LogP contribution in [-0.4, -0.2) is 46.7 Å². The fourth-order valence-electron chi connectivity index (χ4n) is 2.69. The predicted molar refractivity (Wildman–Crippen MR) is 127 cm³/mol. The van der Waals surface area contributed by atoms with Gasteiger partial charge in [-0.1, -0.05) is 30.3 Å². The number of aryl methyl sites for hydroxylation is 1. The van der Waals surface area contributed by atoms with Gasteiger partial charge >= 0.3 is 0 Å². The number of nitrogens with zero attached hydrogens (tertiary/aromatic N) is 1. The lowest BCUT2D eigenvalue weighted by atomic mass is 10.1. The topological polar surface area (TPSA) is 99.7 Å². The van der Waals surface area contributed by atoms with Crippen molar-refractivity contribution in [3.05, 3.63) is 65.2 Å². The van der Waals surface area contributed by atoms with Gasteiger partial charge in [-0.25, -0.2) is 8.42 Å². The molecule has 0 aliphatic heterocycles. The number of carbonyl (C=O) groups excluding carboxylic acids is 1. The molecule has 158 valence electrons. The third kappa shape index (κ3) is 8.01. The van der Waals surface area contributed by atoms with Crippen LogP contribution in [0.1, 0.15) is 21.5 Å². The van der Waals surface area contributed by atoms with Crippen molar-refractivity contribution in [3.8, 4) is 0 Å². The summed E-state index contributed by atoms with van der Waals surface area (Å²) in [6.07, 6.45) is 1.20. The smallest absolute Gasteiger partial charge is 0.251 e. The number of benzene rings is 2. The van der Waals surface area contributed by atoms with E-state index in [1.54, 1.807) is 38.2 Å². The molecular formula is C20H27IN4O3S. The third-order valence-electron chi connectivity index (χ3n) is 4.06. The molecule has 0 saturated carbocycles. The Labute approximate surface area is 189 Å². The first-order chi connectivity index (χ1) is 13.3. The van der Waals surface area contributed by atoms with Gasteiger partial charge in [0, 0.05) is 38.5 Å². The molecule has 0 aromatic heterocycles. The van der Waals surface area contributed by atoms with Crippen molar-refractivity contribution in [3.63, 3.8) is 0 Å². The van der Waals surface area contributed by atoms with Crippen LogP contribution in [0.4, 0.5) is 0 Å². The van der Waals surface area contributed by atoms with E-state index in [0.717, 1.165) is 5.56 Å². The van der Waals surface area contributed by atoms with Gasteiger partial charge in [0.25, 0.3) is 5.91 Å².